The lowest BCUT2D eigenvalue weighted by atomic mass is 10.1. The van der Waals surface area contributed by atoms with Crippen molar-refractivity contribution in [1.29, 1.82) is 0 Å². The molecule has 0 radical (unpaired) electrons. The fourth-order valence-electron chi connectivity index (χ4n) is 1.75. The number of nitrogens with one attached hydrogen (secondary N) is 1. The lowest BCUT2D eigenvalue weighted by Gasteiger charge is -2.11. The van der Waals surface area contributed by atoms with Gasteiger partial charge >= 0.3 is 0 Å². The molecule has 0 amide bonds. The average molecular weight is 270 g/mol. The zero-order valence-electron chi connectivity index (χ0n) is 11.9. The summed E-state index contributed by atoms with van der Waals surface area (Å²) in [6.07, 6.45) is 4.51. The molecule has 0 aromatic carbocycles. The molecule has 1 aromatic rings. The first kappa shape index (κ1) is 15.2. The third-order valence-corrected chi connectivity index (χ3v) is 3.32. The minimum absolute atomic E-state index is 0.562. The summed E-state index contributed by atoms with van der Waals surface area (Å²) >= 11 is 6.09. The summed E-state index contributed by atoms with van der Waals surface area (Å²) in [6, 6.07) is 0. The Balaban J connectivity index is 2.48. The van der Waals surface area contributed by atoms with Gasteiger partial charge in [-0.2, -0.15) is 0 Å². The van der Waals surface area contributed by atoms with Crippen molar-refractivity contribution in [3.63, 3.8) is 0 Å². The SMILES string of the molecule is CCc1nc(Cl)c(C)c(NCCCCC(C)C)n1. The van der Waals surface area contributed by atoms with Gasteiger partial charge in [-0.1, -0.05) is 45.2 Å². The minimum atomic E-state index is 0.562. The predicted molar refractivity (Wildman–Crippen MR) is 78.3 cm³/mol. The Kier molecular flexibility index (Phi) is 6.41. The van der Waals surface area contributed by atoms with E-state index in [1.165, 1.54) is 19.3 Å². The van der Waals surface area contributed by atoms with Gasteiger partial charge < -0.3 is 5.32 Å². The number of anilines is 1. The number of nitrogens with zero attached hydrogens (tertiary/aromatic N) is 2. The number of aromatic nitrogens is 2. The van der Waals surface area contributed by atoms with E-state index >= 15 is 0 Å². The third-order valence-electron chi connectivity index (χ3n) is 2.95. The minimum Gasteiger partial charge on any atom is -0.370 e. The molecule has 0 saturated heterocycles. The lowest BCUT2D eigenvalue weighted by molar-refractivity contribution is 0.544. The Morgan fingerprint density at radius 3 is 2.56 bits per heavy atom. The molecule has 0 fully saturated rings. The van der Waals surface area contributed by atoms with Crippen LogP contribution in [0.1, 0.15) is 51.4 Å². The van der Waals surface area contributed by atoms with Crippen molar-refractivity contribution >= 4 is 17.4 Å². The highest BCUT2D eigenvalue weighted by molar-refractivity contribution is 6.30. The molecular formula is C14H24ClN3. The molecule has 1 aromatic heterocycles. The molecule has 0 spiro atoms. The molecule has 4 heteroatoms. The van der Waals surface area contributed by atoms with Crippen molar-refractivity contribution in [2.75, 3.05) is 11.9 Å². The highest BCUT2D eigenvalue weighted by atomic mass is 35.5. The second-order valence-corrected chi connectivity index (χ2v) is 5.43. The lowest BCUT2D eigenvalue weighted by Crippen LogP contribution is -2.08. The van der Waals surface area contributed by atoms with Crippen LogP contribution in [0.5, 0.6) is 0 Å². The van der Waals surface area contributed by atoms with Crippen LogP contribution in [0.15, 0.2) is 0 Å². The highest BCUT2D eigenvalue weighted by Crippen LogP contribution is 2.20. The predicted octanol–water partition coefficient (Wildman–Crippen LogP) is 4.24. The number of halogens is 1. The van der Waals surface area contributed by atoms with E-state index in [0.717, 1.165) is 36.1 Å². The van der Waals surface area contributed by atoms with Gasteiger partial charge in [-0.3, -0.25) is 0 Å². The molecule has 18 heavy (non-hydrogen) atoms. The summed E-state index contributed by atoms with van der Waals surface area (Å²) in [5.74, 6) is 2.47. The van der Waals surface area contributed by atoms with Gasteiger partial charge in [-0.25, -0.2) is 9.97 Å². The Bertz CT molecular complexity index is 378. The van der Waals surface area contributed by atoms with Gasteiger partial charge in [0.25, 0.3) is 0 Å². The van der Waals surface area contributed by atoms with E-state index in [2.05, 4.69) is 29.1 Å². The van der Waals surface area contributed by atoms with Crippen molar-refractivity contribution in [3.8, 4) is 0 Å². The van der Waals surface area contributed by atoms with E-state index < -0.39 is 0 Å². The van der Waals surface area contributed by atoms with E-state index in [4.69, 9.17) is 11.6 Å². The van der Waals surface area contributed by atoms with Gasteiger partial charge in [0.05, 0.1) is 0 Å². The Labute approximate surface area is 115 Å². The molecule has 0 aliphatic rings. The summed E-state index contributed by atoms with van der Waals surface area (Å²) in [4.78, 5) is 8.71. The van der Waals surface area contributed by atoms with Crippen LogP contribution in [-0.4, -0.2) is 16.5 Å². The van der Waals surface area contributed by atoms with Crippen LogP contribution >= 0.6 is 11.6 Å². The largest absolute Gasteiger partial charge is 0.370 e. The monoisotopic (exact) mass is 269 g/mol. The molecule has 0 bridgehead atoms. The maximum absolute atomic E-state index is 6.09. The topological polar surface area (TPSA) is 37.8 Å². The summed E-state index contributed by atoms with van der Waals surface area (Å²) in [6.45, 7) is 9.46. The van der Waals surface area contributed by atoms with Crippen LogP contribution in [0.25, 0.3) is 0 Å². The van der Waals surface area contributed by atoms with Crippen LogP contribution in [0.2, 0.25) is 5.15 Å². The van der Waals surface area contributed by atoms with Crippen molar-refractivity contribution in [2.45, 2.75) is 53.4 Å². The molecule has 0 saturated carbocycles. The normalized spacial score (nSPS) is 11.0. The summed E-state index contributed by atoms with van der Waals surface area (Å²) in [7, 11) is 0. The average Bonchev–Trinajstić information content (AvgIpc) is 2.33. The molecule has 3 nitrogen and oxygen atoms in total. The van der Waals surface area contributed by atoms with Crippen LogP contribution in [0, 0.1) is 12.8 Å². The van der Waals surface area contributed by atoms with E-state index in [0.29, 0.717) is 5.15 Å². The number of aryl methyl sites for hydroxylation is 1. The van der Waals surface area contributed by atoms with Crippen LogP contribution in [0.3, 0.4) is 0 Å². The smallest absolute Gasteiger partial charge is 0.137 e. The van der Waals surface area contributed by atoms with Gasteiger partial charge in [0.2, 0.25) is 0 Å². The number of unbranched alkanes of at least 4 members (excludes halogenated alkanes) is 1. The summed E-state index contributed by atoms with van der Waals surface area (Å²) in [5, 5.41) is 3.93. The first-order chi connectivity index (χ1) is 8.54. The first-order valence-corrected chi connectivity index (χ1v) is 7.19. The van der Waals surface area contributed by atoms with Gasteiger partial charge in [-0.05, 0) is 19.3 Å². The summed E-state index contributed by atoms with van der Waals surface area (Å²) in [5.41, 5.74) is 0.942. The van der Waals surface area contributed by atoms with Crippen molar-refractivity contribution in [3.05, 3.63) is 16.5 Å². The van der Waals surface area contributed by atoms with Gasteiger partial charge in [0, 0.05) is 18.5 Å². The first-order valence-electron chi connectivity index (χ1n) is 6.81. The molecular weight excluding hydrogens is 246 g/mol. The van der Waals surface area contributed by atoms with Crippen LogP contribution in [-0.2, 0) is 6.42 Å². The Morgan fingerprint density at radius 1 is 1.22 bits per heavy atom. The standard InChI is InChI=1S/C14H24ClN3/c1-5-12-17-13(15)11(4)14(18-12)16-9-7-6-8-10(2)3/h10H,5-9H2,1-4H3,(H,16,17,18). The van der Waals surface area contributed by atoms with E-state index in [1.54, 1.807) is 0 Å². The quantitative estimate of drug-likeness (QED) is 0.594. The maximum atomic E-state index is 6.09. The number of hydrogen-bond donors (Lipinski definition) is 1. The molecule has 102 valence electrons. The molecule has 1 heterocycles. The zero-order valence-corrected chi connectivity index (χ0v) is 12.6. The Hall–Kier alpha value is -0.830. The van der Waals surface area contributed by atoms with Crippen molar-refractivity contribution < 1.29 is 0 Å². The van der Waals surface area contributed by atoms with E-state index in [1.807, 2.05) is 13.8 Å². The van der Waals surface area contributed by atoms with Gasteiger partial charge in [0.1, 0.15) is 16.8 Å². The fourth-order valence-corrected chi connectivity index (χ4v) is 1.93. The molecule has 1 N–H and O–H groups in total. The van der Waals surface area contributed by atoms with Crippen molar-refractivity contribution in [1.82, 2.24) is 9.97 Å². The van der Waals surface area contributed by atoms with Crippen molar-refractivity contribution in [2.24, 2.45) is 5.92 Å². The van der Waals surface area contributed by atoms with Crippen LogP contribution < -0.4 is 5.32 Å². The van der Waals surface area contributed by atoms with E-state index in [-0.39, 0.29) is 0 Å². The Morgan fingerprint density at radius 2 is 1.94 bits per heavy atom. The molecule has 0 aliphatic carbocycles. The van der Waals surface area contributed by atoms with Gasteiger partial charge in [-0.15, -0.1) is 0 Å². The molecule has 0 atom stereocenters. The fraction of sp³-hybridized carbons (Fsp3) is 0.714. The second-order valence-electron chi connectivity index (χ2n) is 5.07. The number of rotatable bonds is 7. The molecule has 0 aliphatic heterocycles. The molecule has 0 unspecified atom stereocenters. The third kappa shape index (κ3) is 4.81. The zero-order chi connectivity index (χ0) is 13.5. The maximum Gasteiger partial charge on any atom is 0.137 e. The number of hydrogen-bond acceptors (Lipinski definition) is 3. The van der Waals surface area contributed by atoms with E-state index in [9.17, 15) is 0 Å². The highest BCUT2D eigenvalue weighted by Gasteiger charge is 2.07. The van der Waals surface area contributed by atoms with Gasteiger partial charge in [0.15, 0.2) is 0 Å². The summed E-state index contributed by atoms with van der Waals surface area (Å²) < 4.78 is 0. The second kappa shape index (κ2) is 7.57. The van der Waals surface area contributed by atoms with Crippen LogP contribution in [0.4, 0.5) is 5.82 Å². The molecule has 1 rings (SSSR count).